The van der Waals surface area contributed by atoms with E-state index < -0.39 is 34.1 Å². The number of halogens is 1. The molecule has 3 aromatic rings. The Morgan fingerprint density at radius 3 is 2.39 bits per heavy atom. The number of hydrogen-bond acceptors (Lipinski definition) is 5. The number of carbonyl (C=O) groups is 1. The summed E-state index contributed by atoms with van der Waals surface area (Å²) in [5.41, 5.74) is -0.0463. The van der Waals surface area contributed by atoms with E-state index in [0.29, 0.717) is 5.02 Å². The summed E-state index contributed by atoms with van der Waals surface area (Å²) in [7, 11) is -4.15. The maximum Gasteiger partial charge on any atom is 0.325 e. The molecular weight excluding hydrogens is 458 g/mol. The molecule has 31 heavy (non-hydrogen) atoms. The van der Waals surface area contributed by atoms with Crippen LogP contribution in [0.15, 0.2) is 70.9 Å². The fourth-order valence-corrected chi connectivity index (χ4v) is 7.23. The molecule has 1 aliphatic carbocycles. The van der Waals surface area contributed by atoms with Gasteiger partial charge >= 0.3 is 5.97 Å². The van der Waals surface area contributed by atoms with E-state index >= 15 is 0 Å². The van der Waals surface area contributed by atoms with Crippen LogP contribution in [-0.4, -0.2) is 47.6 Å². The summed E-state index contributed by atoms with van der Waals surface area (Å²) in [6, 6.07) is 19.2. The molecule has 0 radical (unpaired) electrons. The van der Waals surface area contributed by atoms with Crippen molar-refractivity contribution in [3.63, 3.8) is 0 Å². The van der Waals surface area contributed by atoms with Crippen LogP contribution in [0.4, 0.5) is 0 Å². The fourth-order valence-electron chi connectivity index (χ4n) is 3.91. The van der Waals surface area contributed by atoms with E-state index in [1.165, 1.54) is 6.07 Å². The van der Waals surface area contributed by atoms with Gasteiger partial charge in [-0.15, -0.1) is 11.3 Å². The quantitative estimate of drug-likeness (QED) is 0.510. The lowest BCUT2D eigenvalue weighted by molar-refractivity contribution is -0.143. The number of aliphatic hydroxyl groups is 1. The van der Waals surface area contributed by atoms with Crippen LogP contribution in [0.5, 0.6) is 0 Å². The minimum absolute atomic E-state index is 0.0326. The number of carboxylic acid groups (broad SMARTS) is 1. The first-order valence-electron chi connectivity index (χ1n) is 9.58. The first-order chi connectivity index (χ1) is 14.8. The summed E-state index contributed by atoms with van der Waals surface area (Å²) in [6.07, 6.45) is 0.154. The molecule has 0 amide bonds. The predicted molar refractivity (Wildman–Crippen MR) is 120 cm³/mol. The molecule has 9 heteroatoms. The van der Waals surface area contributed by atoms with Gasteiger partial charge in [0.05, 0.1) is 6.61 Å². The highest BCUT2D eigenvalue weighted by molar-refractivity contribution is 7.91. The zero-order chi connectivity index (χ0) is 22.2. The van der Waals surface area contributed by atoms with Gasteiger partial charge in [-0.25, -0.2) is 8.42 Å². The van der Waals surface area contributed by atoms with Crippen molar-refractivity contribution in [1.29, 1.82) is 0 Å². The van der Waals surface area contributed by atoms with E-state index in [9.17, 15) is 23.4 Å². The Balaban J connectivity index is 1.72. The first-order valence-corrected chi connectivity index (χ1v) is 12.2. The largest absolute Gasteiger partial charge is 0.480 e. The lowest BCUT2D eigenvalue weighted by Gasteiger charge is -2.28. The third-order valence-electron chi connectivity index (χ3n) is 5.51. The van der Waals surface area contributed by atoms with E-state index in [2.05, 4.69) is 0 Å². The minimum Gasteiger partial charge on any atom is -0.480 e. The number of nitrogens with zero attached hydrogens (tertiary/aromatic N) is 1. The van der Waals surface area contributed by atoms with E-state index in [0.717, 1.165) is 31.6 Å². The molecule has 0 saturated heterocycles. The molecule has 4 rings (SSSR count). The number of carboxylic acids is 1. The Hall–Kier alpha value is -2.23. The zero-order valence-corrected chi connectivity index (χ0v) is 18.7. The van der Waals surface area contributed by atoms with E-state index in [4.69, 9.17) is 11.6 Å². The summed E-state index contributed by atoms with van der Waals surface area (Å²) >= 11 is 6.98. The van der Waals surface area contributed by atoms with Crippen molar-refractivity contribution in [3.8, 4) is 10.4 Å². The van der Waals surface area contributed by atoms with Gasteiger partial charge in [0.25, 0.3) is 10.0 Å². The second kappa shape index (κ2) is 8.37. The van der Waals surface area contributed by atoms with Crippen LogP contribution in [0.25, 0.3) is 10.4 Å². The molecule has 2 N–H and O–H groups in total. The van der Waals surface area contributed by atoms with Crippen molar-refractivity contribution < 1.29 is 23.4 Å². The summed E-state index contributed by atoms with van der Waals surface area (Å²) in [6.45, 7) is -0.780. The van der Waals surface area contributed by atoms with Gasteiger partial charge in [0, 0.05) is 22.4 Å². The molecule has 0 aliphatic heterocycles. The summed E-state index contributed by atoms with van der Waals surface area (Å²) in [5, 5.41) is 20.2. The molecule has 2 aromatic carbocycles. The highest BCUT2D eigenvalue weighted by Gasteiger charge is 2.67. The van der Waals surface area contributed by atoms with Gasteiger partial charge in [0.1, 0.15) is 9.75 Å². The number of aliphatic carboxylic acids is 1. The molecule has 1 fully saturated rings. The number of hydrogen-bond donors (Lipinski definition) is 2. The molecule has 2 atom stereocenters. The van der Waals surface area contributed by atoms with Crippen molar-refractivity contribution in [2.75, 3.05) is 13.2 Å². The number of sulfonamides is 1. The third kappa shape index (κ3) is 3.90. The van der Waals surface area contributed by atoms with E-state index in [1.807, 2.05) is 6.07 Å². The Bertz CT molecular complexity index is 1190. The molecule has 0 bridgehead atoms. The number of benzene rings is 2. The van der Waals surface area contributed by atoms with Crippen LogP contribution in [0.2, 0.25) is 5.02 Å². The average molecular weight is 478 g/mol. The Kier molecular flexibility index (Phi) is 5.93. The first kappa shape index (κ1) is 22.0. The van der Waals surface area contributed by atoms with Crippen LogP contribution < -0.4 is 0 Å². The van der Waals surface area contributed by atoms with Crippen LogP contribution in [-0.2, 0) is 14.8 Å². The molecule has 6 nitrogen and oxygen atoms in total. The summed E-state index contributed by atoms with van der Waals surface area (Å²) in [4.78, 5) is 13.0. The third-order valence-corrected chi connectivity index (χ3v) is 9.30. The van der Waals surface area contributed by atoms with Crippen LogP contribution in [0, 0.1) is 0 Å². The van der Waals surface area contributed by atoms with E-state index in [-0.39, 0.29) is 17.2 Å². The number of aliphatic hydroxyl groups excluding tert-OH is 1. The highest BCUT2D eigenvalue weighted by Crippen LogP contribution is 2.57. The van der Waals surface area contributed by atoms with Gasteiger partial charge in [-0.2, -0.15) is 4.31 Å². The SMILES string of the molecule is O=C(O)C1(N(CCO)S(=O)(=O)c2ccc(-c3ccc(Cl)cc3)s2)CC1c1ccccc1. The second-order valence-corrected chi connectivity index (χ2v) is 10.9. The lowest BCUT2D eigenvalue weighted by Crippen LogP contribution is -2.49. The van der Waals surface area contributed by atoms with Gasteiger partial charge in [0.15, 0.2) is 0 Å². The number of rotatable bonds is 8. The molecule has 0 spiro atoms. The van der Waals surface area contributed by atoms with Crippen molar-refractivity contribution in [3.05, 3.63) is 77.3 Å². The van der Waals surface area contributed by atoms with Gasteiger partial charge in [0.2, 0.25) is 0 Å². The molecule has 1 saturated carbocycles. The standard InChI is InChI=1S/C22H20ClNO5S2/c23-17-8-6-16(7-9-17)19-10-11-20(30-19)31(28,29)24(12-13-25)22(21(26)27)14-18(22)15-4-2-1-3-5-15/h1-11,18,25H,12-14H2,(H,26,27). The predicted octanol–water partition coefficient (Wildman–Crippen LogP) is 4.06. The van der Waals surface area contributed by atoms with Gasteiger partial charge in [-0.05, 0) is 41.8 Å². The maximum atomic E-state index is 13.5. The Morgan fingerprint density at radius 2 is 1.77 bits per heavy atom. The van der Waals surface area contributed by atoms with Crippen LogP contribution >= 0.6 is 22.9 Å². The normalized spacial score (nSPS) is 20.7. The van der Waals surface area contributed by atoms with Crippen molar-refractivity contribution in [2.24, 2.45) is 0 Å². The molecule has 1 aromatic heterocycles. The fraction of sp³-hybridized carbons (Fsp3) is 0.227. The monoisotopic (exact) mass is 477 g/mol. The molecule has 1 aliphatic rings. The molecule has 1 heterocycles. The van der Waals surface area contributed by atoms with Gasteiger partial charge < -0.3 is 10.2 Å². The smallest absolute Gasteiger partial charge is 0.325 e. The number of β-amino-alcohol motifs (C(OH)–C–C–N with tert-alkyl or cyclic N) is 1. The highest BCUT2D eigenvalue weighted by atomic mass is 35.5. The van der Waals surface area contributed by atoms with Crippen LogP contribution in [0.3, 0.4) is 0 Å². The van der Waals surface area contributed by atoms with Crippen LogP contribution in [0.1, 0.15) is 17.9 Å². The average Bonchev–Trinajstić information content (AvgIpc) is 3.31. The van der Waals surface area contributed by atoms with Gasteiger partial charge in [-0.3, -0.25) is 4.79 Å². The Labute approximate surface area is 189 Å². The second-order valence-electron chi connectivity index (χ2n) is 7.32. The topological polar surface area (TPSA) is 94.9 Å². The number of thiophene rings is 1. The maximum absolute atomic E-state index is 13.5. The molecule has 2 unspecified atom stereocenters. The zero-order valence-electron chi connectivity index (χ0n) is 16.3. The summed E-state index contributed by atoms with van der Waals surface area (Å²) < 4.78 is 28.0. The van der Waals surface area contributed by atoms with E-state index in [1.54, 1.807) is 54.6 Å². The summed E-state index contributed by atoms with van der Waals surface area (Å²) in [5.74, 6) is -1.70. The molecular formula is C22H20ClNO5S2. The van der Waals surface area contributed by atoms with Crippen molar-refractivity contribution in [1.82, 2.24) is 4.31 Å². The Morgan fingerprint density at radius 1 is 1.10 bits per heavy atom. The van der Waals surface area contributed by atoms with Crippen molar-refractivity contribution >= 4 is 38.9 Å². The molecule has 162 valence electrons. The minimum atomic E-state index is -4.15. The van der Waals surface area contributed by atoms with Crippen molar-refractivity contribution in [2.45, 2.75) is 22.1 Å². The lowest BCUT2D eigenvalue weighted by atomic mass is 10.1. The van der Waals surface area contributed by atoms with Gasteiger partial charge in [-0.1, -0.05) is 54.1 Å².